The average Bonchev–Trinajstić information content (AvgIpc) is 3.33. The van der Waals surface area contributed by atoms with E-state index in [2.05, 4.69) is 25.7 Å². The summed E-state index contributed by atoms with van der Waals surface area (Å²) in [6.07, 6.45) is 1.28. The number of sulfonamides is 1. The molecule has 12 heteroatoms. The Morgan fingerprint density at radius 1 is 1.06 bits per heavy atom. The Labute approximate surface area is 195 Å². The van der Waals surface area contributed by atoms with Gasteiger partial charge in [-0.05, 0) is 30.2 Å². The second kappa shape index (κ2) is 8.98. The molecule has 11 nitrogen and oxygen atoms in total. The molecule has 0 unspecified atom stereocenters. The first-order valence-electron chi connectivity index (χ1n) is 10.3. The molecular formula is C22H22N6O5S. The van der Waals surface area contributed by atoms with Gasteiger partial charge in [0, 0.05) is 5.56 Å². The maximum atomic E-state index is 12.8. The van der Waals surface area contributed by atoms with Gasteiger partial charge in [-0.2, -0.15) is 5.10 Å². The molecule has 2 heterocycles. The van der Waals surface area contributed by atoms with Crippen LogP contribution < -0.4 is 15.6 Å². The van der Waals surface area contributed by atoms with Crippen molar-refractivity contribution in [2.45, 2.75) is 24.8 Å². The molecule has 0 saturated carbocycles. The van der Waals surface area contributed by atoms with E-state index in [9.17, 15) is 23.1 Å². The van der Waals surface area contributed by atoms with Gasteiger partial charge < -0.3 is 5.11 Å². The van der Waals surface area contributed by atoms with Crippen molar-refractivity contribution in [3.05, 3.63) is 72.1 Å². The molecule has 1 aromatic heterocycles. The minimum Gasteiger partial charge on any atom is -0.504 e. The van der Waals surface area contributed by atoms with Crippen LogP contribution in [0.4, 0.5) is 0 Å². The number of aliphatic imine (C=N–C) groups is 1. The normalized spacial score (nSPS) is 16.0. The van der Waals surface area contributed by atoms with Crippen molar-refractivity contribution in [3.63, 3.8) is 0 Å². The van der Waals surface area contributed by atoms with E-state index in [4.69, 9.17) is 0 Å². The number of hydrogen-bond acceptors (Lipinski definition) is 7. The zero-order chi connectivity index (χ0) is 24.5. The maximum absolute atomic E-state index is 12.8. The SMILES string of the molecule is CC(C)[C@H](N=C1NS(=O)(=O)c2ccccc21)C(=O)NNC(=O)c1nn(-c2ccccc2)cc1O. The van der Waals surface area contributed by atoms with Gasteiger partial charge >= 0.3 is 0 Å². The van der Waals surface area contributed by atoms with Gasteiger partial charge in [0.25, 0.3) is 21.8 Å². The van der Waals surface area contributed by atoms with Gasteiger partial charge in [-0.25, -0.2) is 13.1 Å². The predicted molar refractivity (Wildman–Crippen MR) is 123 cm³/mol. The lowest BCUT2D eigenvalue weighted by molar-refractivity contribution is -0.123. The zero-order valence-electron chi connectivity index (χ0n) is 18.3. The number of carbonyl (C=O) groups is 2. The number of rotatable bonds is 5. The fraction of sp³-hybridized carbons (Fsp3) is 0.182. The molecule has 0 spiro atoms. The summed E-state index contributed by atoms with van der Waals surface area (Å²) in [5.74, 6) is -2.14. The van der Waals surface area contributed by atoms with Crippen LogP contribution in [0.1, 0.15) is 29.9 Å². The molecule has 0 aliphatic carbocycles. The van der Waals surface area contributed by atoms with E-state index in [1.54, 1.807) is 56.3 Å². The van der Waals surface area contributed by atoms with Crippen LogP contribution in [0.3, 0.4) is 0 Å². The third kappa shape index (κ3) is 4.48. The Kier molecular flexibility index (Phi) is 6.07. The second-order valence-electron chi connectivity index (χ2n) is 7.85. The van der Waals surface area contributed by atoms with Gasteiger partial charge in [0.15, 0.2) is 11.4 Å². The number of amides is 2. The van der Waals surface area contributed by atoms with Crippen LogP contribution in [0.25, 0.3) is 5.69 Å². The summed E-state index contributed by atoms with van der Waals surface area (Å²) in [4.78, 5) is 29.7. The van der Waals surface area contributed by atoms with Gasteiger partial charge in [0.2, 0.25) is 0 Å². The number of benzene rings is 2. The molecule has 2 amide bonds. The largest absolute Gasteiger partial charge is 0.504 e. The third-order valence-corrected chi connectivity index (χ3v) is 6.46. The topological polar surface area (TPSA) is 155 Å². The standard InChI is InChI=1S/C22H22N6O5S/c1-13(2)18(23-20-15-10-6-7-11-17(15)34(32,33)27-20)21(30)24-25-22(31)19-16(29)12-28(26-19)14-8-4-3-5-9-14/h3-13,18,29H,1-2H3,(H,23,27)(H,24,30)(H,25,31)/t18-/m0/s1. The summed E-state index contributed by atoms with van der Waals surface area (Å²) < 4.78 is 28.3. The van der Waals surface area contributed by atoms with Crippen LogP contribution in [0.5, 0.6) is 5.75 Å². The van der Waals surface area contributed by atoms with E-state index in [0.717, 1.165) is 0 Å². The van der Waals surface area contributed by atoms with Crippen molar-refractivity contribution in [2.75, 3.05) is 0 Å². The fourth-order valence-corrected chi connectivity index (χ4v) is 4.61. The molecule has 0 saturated heterocycles. The summed E-state index contributed by atoms with van der Waals surface area (Å²) in [5, 5.41) is 14.2. The number of nitrogens with one attached hydrogen (secondary N) is 3. The van der Waals surface area contributed by atoms with Gasteiger partial charge in [-0.1, -0.05) is 44.2 Å². The number of nitrogens with zero attached hydrogens (tertiary/aromatic N) is 3. The van der Waals surface area contributed by atoms with Crippen LogP contribution in [0.15, 0.2) is 70.7 Å². The molecule has 1 aliphatic rings. The third-order valence-electron chi connectivity index (χ3n) is 5.06. The molecular weight excluding hydrogens is 460 g/mol. The Bertz CT molecular complexity index is 1380. The van der Waals surface area contributed by atoms with Crippen molar-refractivity contribution in [1.82, 2.24) is 25.4 Å². The number of aromatic nitrogens is 2. The van der Waals surface area contributed by atoms with Crippen molar-refractivity contribution in [2.24, 2.45) is 10.9 Å². The number of hydrazine groups is 1. The second-order valence-corrected chi connectivity index (χ2v) is 9.51. The summed E-state index contributed by atoms with van der Waals surface area (Å²) in [6.45, 7) is 3.47. The highest BCUT2D eigenvalue weighted by Crippen LogP contribution is 2.23. The van der Waals surface area contributed by atoms with E-state index in [0.29, 0.717) is 11.3 Å². The first-order valence-corrected chi connectivity index (χ1v) is 11.8. The maximum Gasteiger partial charge on any atom is 0.294 e. The molecule has 34 heavy (non-hydrogen) atoms. The molecule has 1 atom stereocenters. The van der Waals surface area contributed by atoms with Gasteiger partial charge in [-0.3, -0.25) is 30.2 Å². The lowest BCUT2D eigenvalue weighted by Gasteiger charge is -2.17. The van der Waals surface area contributed by atoms with E-state index >= 15 is 0 Å². The summed E-state index contributed by atoms with van der Waals surface area (Å²) in [5.41, 5.74) is 5.21. The number of hydrogen-bond donors (Lipinski definition) is 4. The number of amidine groups is 1. The Morgan fingerprint density at radius 3 is 2.44 bits per heavy atom. The van der Waals surface area contributed by atoms with Crippen LogP contribution in [0.2, 0.25) is 0 Å². The zero-order valence-corrected chi connectivity index (χ0v) is 19.1. The highest BCUT2D eigenvalue weighted by atomic mass is 32.2. The molecule has 4 N–H and O–H groups in total. The van der Waals surface area contributed by atoms with Crippen molar-refractivity contribution >= 4 is 27.7 Å². The molecule has 3 aromatic rings. The Morgan fingerprint density at radius 2 is 1.74 bits per heavy atom. The lowest BCUT2D eigenvalue weighted by Crippen LogP contribution is -2.48. The Hall–Kier alpha value is -4.19. The van der Waals surface area contributed by atoms with Gasteiger partial charge in [0.1, 0.15) is 11.9 Å². The van der Waals surface area contributed by atoms with Crippen LogP contribution >= 0.6 is 0 Å². The fourth-order valence-electron chi connectivity index (χ4n) is 3.37. The molecule has 4 rings (SSSR count). The van der Waals surface area contributed by atoms with Crippen molar-refractivity contribution in [3.8, 4) is 11.4 Å². The van der Waals surface area contributed by atoms with E-state index in [1.807, 2.05) is 6.07 Å². The Balaban J connectivity index is 1.49. The van der Waals surface area contributed by atoms with E-state index in [-0.39, 0.29) is 28.1 Å². The smallest absolute Gasteiger partial charge is 0.294 e. The first-order chi connectivity index (χ1) is 16.2. The first kappa shape index (κ1) is 23.0. The average molecular weight is 483 g/mol. The number of carbonyl (C=O) groups excluding carboxylic acids is 2. The highest BCUT2D eigenvalue weighted by Gasteiger charge is 2.32. The molecule has 0 radical (unpaired) electrons. The van der Waals surface area contributed by atoms with Crippen molar-refractivity contribution < 1.29 is 23.1 Å². The minimum absolute atomic E-state index is 0.0509. The van der Waals surface area contributed by atoms with Crippen LogP contribution in [-0.2, 0) is 14.8 Å². The summed E-state index contributed by atoms with van der Waals surface area (Å²) >= 11 is 0. The quantitative estimate of drug-likeness (QED) is 0.399. The van der Waals surface area contributed by atoms with Crippen LogP contribution in [0, 0.1) is 5.92 Å². The van der Waals surface area contributed by atoms with E-state index < -0.39 is 27.9 Å². The molecule has 0 bridgehead atoms. The highest BCUT2D eigenvalue weighted by molar-refractivity contribution is 7.90. The molecule has 0 fully saturated rings. The van der Waals surface area contributed by atoms with E-state index in [1.165, 1.54) is 16.9 Å². The number of aromatic hydroxyl groups is 1. The predicted octanol–water partition coefficient (Wildman–Crippen LogP) is 1.10. The number of para-hydroxylation sites is 1. The van der Waals surface area contributed by atoms with Crippen molar-refractivity contribution in [1.29, 1.82) is 0 Å². The minimum atomic E-state index is -3.76. The monoisotopic (exact) mass is 482 g/mol. The molecule has 176 valence electrons. The summed E-state index contributed by atoms with van der Waals surface area (Å²) in [7, 11) is -3.76. The molecule has 2 aromatic carbocycles. The summed E-state index contributed by atoms with van der Waals surface area (Å²) in [6, 6.07) is 14.2. The molecule has 1 aliphatic heterocycles. The van der Waals surface area contributed by atoms with Gasteiger partial charge in [0.05, 0.1) is 16.8 Å². The lowest BCUT2D eigenvalue weighted by atomic mass is 10.0. The van der Waals surface area contributed by atoms with Gasteiger partial charge in [-0.15, -0.1) is 0 Å². The number of fused-ring (bicyclic) bond motifs is 1. The van der Waals surface area contributed by atoms with Crippen LogP contribution in [-0.4, -0.2) is 47.0 Å².